The van der Waals surface area contributed by atoms with Crippen molar-refractivity contribution in [2.45, 2.75) is 10.1 Å². The molecule has 2 aromatic heterocycles. The zero-order chi connectivity index (χ0) is 24.2. The maximum atomic E-state index is 9.82. The first-order valence-electron chi connectivity index (χ1n) is 9.71. The highest BCUT2D eigenvalue weighted by molar-refractivity contribution is 8.76. The molecule has 0 atom stereocenters. The number of anilines is 2. The van der Waals surface area contributed by atoms with Gasteiger partial charge in [-0.2, -0.15) is 21.0 Å². The van der Waals surface area contributed by atoms with Crippen LogP contribution in [0.1, 0.15) is 22.3 Å². The minimum Gasteiger partial charge on any atom is -0.384 e. The predicted molar refractivity (Wildman–Crippen MR) is 131 cm³/mol. The summed E-state index contributed by atoms with van der Waals surface area (Å²) in [6, 6.07) is 26.4. The largest absolute Gasteiger partial charge is 0.384 e. The van der Waals surface area contributed by atoms with E-state index in [-0.39, 0.29) is 33.9 Å². The monoisotopic (exact) mass is 478 g/mol. The van der Waals surface area contributed by atoms with Gasteiger partial charge in [-0.3, -0.25) is 9.13 Å². The highest BCUT2D eigenvalue weighted by Crippen LogP contribution is 2.47. The Balaban J connectivity index is 1.90. The third-order valence-electron chi connectivity index (χ3n) is 5.00. The van der Waals surface area contributed by atoms with Gasteiger partial charge in [0.15, 0.2) is 0 Å². The van der Waals surface area contributed by atoms with Gasteiger partial charge in [0, 0.05) is 11.4 Å². The van der Waals surface area contributed by atoms with Gasteiger partial charge in [0.25, 0.3) is 0 Å². The SMILES string of the molecule is N#Cc1c(C#N)c(SSc2c(C#N)c(C#N)c(N)n2-c2ccccc2)n(-c2ccccc2)c1N. The summed E-state index contributed by atoms with van der Waals surface area (Å²) in [5, 5.41) is 39.8. The fraction of sp³-hybridized carbons (Fsp3) is 0. The van der Waals surface area contributed by atoms with Crippen LogP contribution in [-0.4, -0.2) is 9.13 Å². The fourth-order valence-corrected chi connectivity index (χ4v) is 6.07. The van der Waals surface area contributed by atoms with E-state index in [1.807, 2.05) is 72.8 Å². The molecule has 2 aromatic carbocycles. The van der Waals surface area contributed by atoms with Crippen LogP contribution in [0.5, 0.6) is 0 Å². The molecule has 0 unspecified atom stereocenters. The van der Waals surface area contributed by atoms with Gasteiger partial charge in [-0.15, -0.1) is 0 Å². The van der Waals surface area contributed by atoms with E-state index in [1.165, 1.54) is 0 Å². The summed E-state index contributed by atoms with van der Waals surface area (Å²) in [6.45, 7) is 0. The van der Waals surface area contributed by atoms with E-state index in [0.29, 0.717) is 21.4 Å². The van der Waals surface area contributed by atoms with Crippen molar-refractivity contribution in [3.63, 3.8) is 0 Å². The summed E-state index contributed by atoms with van der Waals surface area (Å²) < 4.78 is 3.26. The average Bonchev–Trinajstić information content (AvgIpc) is 3.31. The third-order valence-corrected chi connectivity index (χ3v) is 7.37. The molecule has 2 heterocycles. The molecular formula is C24H14N8S2. The van der Waals surface area contributed by atoms with Crippen molar-refractivity contribution in [2.24, 2.45) is 0 Å². The molecule has 8 nitrogen and oxygen atoms in total. The Kier molecular flexibility index (Phi) is 6.21. The molecule has 0 amide bonds. The normalized spacial score (nSPS) is 10.1. The molecule has 0 saturated carbocycles. The number of nitrogens with zero attached hydrogens (tertiary/aromatic N) is 6. The Labute approximate surface area is 203 Å². The number of rotatable bonds is 5. The van der Waals surface area contributed by atoms with E-state index in [0.717, 1.165) is 21.6 Å². The molecule has 4 N–H and O–H groups in total. The molecule has 10 heteroatoms. The van der Waals surface area contributed by atoms with Crippen LogP contribution >= 0.6 is 21.6 Å². The smallest absolute Gasteiger partial charge is 0.128 e. The first-order valence-corrected chi connectivity index (χ1v) is 11.9. The van der Waals surface area contributed by atoms with Crippen molar-refractivity contribution in [1.29, 1.82) is 21.0 Å². The Bertz CT molecular complexity index is 1440. The summed E-state index contributed by atoms with van der Waals surface area (Å²) in [4.78, 5) is 0. The minimum absolute atomic E-state index is 0.0747. The highest BCUT2D eigenvalue weighted by atomic mass is 33.1. The number of aromatic nitrogens is 2. The van der Waals surface area contributed by atoms with Gasteiger partial charge in [0.05, 0.1) is 0 Å². The molecular weight excluding hydrogens is 464 g/mol. The Morgan fingerprint density at radius 3 is 1.15 bits per heavy atom. The van der Waals surface area contributed by atoms with Crippen LogP contribution < -0.4 is 11.5 Å². The molecule has 0 aliphatic heterocycles. The third kappa shape index (κ3) is 3.60. The number of hydrogen-bond acceptors (Lipinski definition) is 8. The zero-order valence-corrected chi connectivity index (χ0v) is 19.1. The van der Waals surface area contributed by atoms with Crippen molar-refractivity contribution in [2.75, 3.05) is 11.5 Å². The van der Waals surface area contributed by atoms with Crippen molar-refractivity contribution in [3.05, 3.63) is 82.9 Å². The van der Waals surface area contributed by atoms with Crippen LogP contribution in [0.4, 0.5) is 11.6 Å². The highest BCUT2D eigenvalue weighted by Gasteiger charge is 2.27. The molecule has 0 bridgehead atoms. The fourth-order valence-electron chi connectivity index (χ4n) is 3.47. The van der Waals surface area contributed by atoms with E-state index < -0.39 is 0 Å². The van der Waals surface area contributed by atoms with Gasteiger partial charge < -0.3 is 11.5 Å². The lowest BCUT2D eigenvalue weighted by molar-refractivity contribution is 0.961. The van der Waals surface area contributed by atoms with Crippen molar-refractivity contribution < 1.29 is 0 Å². The number of nitriles is 4. The summed E-state index contributed by atoms with van der Waals surface area (Å²) in [6.07, 6.45) is 0. The molecule has 4 rings (SSSR count). The first-order chi connectivity index (χ1) is 16.6. The summed E-state index contributed by atoms with van der Waals surface area (Å²) >= 11 is 0. The lowest BCUT2D eigenvalue weighted by Crippen LogP contribution is -2.02. The molecule has 162 valence electrons. The molecule has 0 radical (unpaired) electrons. The maximum absolute atomic E-state index is 9.82. The standard InChI is InChI=1S/C24H14N8S2/c25-11-17-19(13-27)23(31(21(17)29)15-7-3-1-4-8-15)33-34-24-20(14-28)18(12-26)22(30)32(24)16-9-5-2-6-10-16/h1-10H,29-30H2. The van der Waals surface area contributed by atoms with Gasteiger partial charge in [-0.05, 0) is 45.9 Å². The average molecular weight is 479 g/mol. The number of hydrogen-bond donors (Lipinski definition) is 2. The Morgan fingerprint density at radius 1 is 0.529 bits per heavy atom. The van der Waals surface area contributed by atoms with E-state index >= 15 is 0 Å². The Hall–Kier alpha value is -4.74. The predicted octanol–water partition coefficient (Wildman–Crippen LogP) is 4.72. The van der Waals surface area contributed by atoms with Gasteiger partial charge in [0.1, 0.15) is 68.2 Å². The van der Waals surface area contributed by atoms with Gasteiger partial charge in [-0.1, -0.05) is 36.4 Å². The topological polar surface area (TPSA) is 157 Å². The van der Waals surface area contributed by atoms with Gasteiger partial charge >= 0.3 is 0 Å². The van der Waals surface area contributed by atoms with Crippen LogP contribution in [0, 0.1) is 45.3 Å². The second-order valence-corrected chi connectivity index (χ2v) is 8.94. The summed E-state index contributed by atoms with van der Waals surface area (Å²) in [7, 11) is 2.31. The summed E-state index contributed by atoms with van der Waals surface area (Å²) in [5.74, 6) is 0.286. The molecule has 0 saturated heterocycles. The molecule has 0 fully saturated rings. The van der Waals surface area contributed by atoms with Crippen LogP contribution in [-0.2, 0) is 0 Å². The van der Waals surface area contributed by atoms with Crippen LogP contribution in [0.2, 0.25) is 0 Å². The maximum Gasteiger partial charge on any atom is 0.128 e. The van der Waals surface area contributed by atoms with Crippen molar-refractivity contribution in [1.82, 2.24) is 9.13 Å². The number of nitrogen functional groups attached to an aromatic ring is 2. The number of benzene rings is 2. The Morgan fingerprint density at radius 2 is 0.853 bits per heavy atom. The second-order valence-electron chi connectivity index (χ2n) is 6.84. The van der Waals surface area contributed by atoms with E-state index in [4.69, 9.17) is 11.5 Å². The van der Waals surface area contributed by atoms with E-state index in [9.17, 15) is 21.0 Å². The molecule has 0 aliphatic carbocycles. The minimum atomic E-state index is 0.0747. The first kappa shape index (κ1) is 22.5. The van der Waals surface area contributed by atoms with Crippen molar-refractivity contribution in [3.8, 4) is 35.7 Å². The molecule has 34 heavy (non-hydrogen) atoms. The number of nitrogens with two attached hydrogens (primary N) is 2. The zero-order valence-electron chi connectivity index (χ0n) is 17.4. The quantitative estimate of drug-likeness (QED) is 0.390. The molecule has 4 aromatic rings. The summed E-state index contributed by atoms with van der Waals surface area (Å²) in [5.41, 5.74) is 14.3. The lowest BCUT2D eigenvalue weighted by Gasteiger charge is -2.13. The van der Waals surface area contributed by atoms with Crippen LogP contribution in [0.15, 0.2) is 70.7 Å². The van der Waals surface area contributed by atoms with E-state index in [2.05, 4.69) is 12.1 Å². The van der Waals surface area contributed by atoms with E-state index in [1.54, 1.807) is 9.13 Å². The molecule has 0 aliphatic rings. The van der Waals surface area contributed by atoms with Crippen molar-refractivity contribution >= 4 is 33.2 Å². The van der Waals surface area contributed by atoms with Gasteiger partial charge in [-0.25, -0.2) is 0 Å². The number of para-hydroxylation sites is 2. The second kappa shape index (κ2) is 9.40. The van der Waals surface area contributed by atoms with Crippen LogP contribution in [0.3, 0.4) is 0 Å². The van der Waals surface area contributed by atoms with Gasteiger partial charge in [0.2, 0.25) is 0 Å². The van der Waals surface area contributed by atoms with Crippen LogP contribution in [0.25, 0.3) is 11.4 Å². The lowest BCUT2D eigenvalue weighted by atomic mass is 10.2. The molecule has 0 spiro atoms.